The number of hydrogen-bond donors (Lipinski definition) is 1. The molecule has 1 N–H and O–H groups in total. The van der Waals surface area contributed by atoms with Crippen LogP contribution < -0.4 is 5.32 Å². The second-order valence-corrected chi connectivity index (χ2v) is 7.16. The van der Waals surface area contributed by atoms with E-state index in [-0.39, 0.29) is 16.9 Å². The number of thiophene rings is 1. The smallest absolute Gasteiger partial charge is 0.145 e. The van der Waals surface area contributed by atoms with Crippen molar-refractivity contribution in [3.8, 4) is 0 Å². The Hall–Kier alpha value is -0.170. The minimum atomic E-state index is -0.315. The van der Waals surface area contributed by atoms with E-state index >= 15 is 0 Å². The van der Waals surface area contributed by atoms with Crippen LogP contribution in [0.15, 0.2) is 29.6 Å². The summed E-state index contributed by atoms with van der Waals surface area (Å²) < 4.78 is 15.1. The third-order valence-electron chi connectivity index (χ3n) is 2.79. The summed E-state index contributed by atoms with van der Waals surface area (Å²) in [7, 11) is 1.89. The average molecular weight is 396 g/mol. The molecule has 1 nitrogen and oxygen atoms in total. The summed E-state index contributed by atoms with van der Waals surface area (Å²) in [5.41, 5.74) is 1.83. The molecule has 0 aliphatic heterocycles. The maximum absolute atomic E-state index is 13.9. The molecule has 96 valence electrons. The fourth-order valence-corrected chi connectivity index (χ4v) is 3.44. The normalized spacial score (nSPS) is 12.7. The highest BCUT2D eigenvalue weighted by atomic mass is 127. The van der Waals surface area contributed by atoms with Crippen molar-refractivity contribution in [3.63, 3.8) is 0 Å². The van der Waals surface area contributed by atoms with Crippen LogP contribution >= 0.6 is 45.5 Å². The number of rotatable bonds is 4. The summed E-state index contributed by atoms with van der Waals surface area (Å²) in [6.45, 7) is 0. The Bertz CT molecular complexity index is 544. The molecule has 5 heteroatoms. The molecule has 0 aliphatic carbocycles. The van der Waals surface area contributed by atoms with E-state index in [9.17, 15) is 4.39 Å². The summed E-state index contributed by atoms with van der Waals surface area (Å²) in [6, 6.07) is 7.36. The molecule has 2 aromatic rings. The molecule has 1 unspecified atom stereocenters. The lowest BCUT2D eigenvalue weighted by atomic mass is 10.0. The van der Waals surface area contributed by atoms with Gasteiger partial charge in [-0.15, -0.1) is 11.3 Å². The molecule has 0 spiro atoms. The molecule has 1 aromatic heterocycles. The largest absolute Gasteiger partial charge is 0.313 e. The lowest BCUT2D eigenvalue weighted by Gasteiger charge is -2.15. The van der Waals surface area contributed by atoms with Crippen LogP contribution in [0, 0.1) is 8.70 Å². The third-order valence-corrected chi connectivity index (χ3v) is 4.89. The highest BCUT2D eigenvalue weighted by molar-refractivity contribution is 14.1. The van der Waals surface area contributed by atoms with Gasteiger partial charge in [0.05, 0.1) is 7.91 Å². The summed E-state index contributed by atoms with van der Waals surface area (Å²) in [5.74, 6) is -0.315. The number of halogens is 3. The van der Waals surface area contributed by atoms with Crippen LogP contribution in [0.5, 0.6) is 0 Å². The van der Waals surface area contributed by atoms with Gasteiger partial charge in [0, 0.05) is 6.04 Å². The zero-order valence-corrected chi connectivity index (χ0v) is 13.4. The van der Waals surface area contributed by atoms with Crippen molar-refractivity contribution in [1.29, 1.82) is 0 Å². The maximum Gasteiger partial charge on any atom is 0.145 e. The SMILES string of the molecule is CNC(Cc1cccc(Cl)c1F)c1csc(I)c1. The Kier molecular flexibility index (Phi) is 5.00. The van der Waals surface area contributed by atoms with Crippen molar-refractivity contribution in [3.05, 3.63) is 54.5 Å². The first-order chi connectivity index (χ1) is 8.61. The molecule has 0 saturated carbocycles. The van der Waals surface area contributed by atoms with E-state index in [1.54, 1.807) is 29.5 Å². The Morgan fingerprint density at radius 1 is 1.50 bits per heavy atom. The topological polar surface area (TPSA) is 12.0 Å². The second kappa shape index (κ2) is 6.32. The van der Waals surface area contributed by atoms with E-state index in [2.05, 4.69) is 39.4 Å². The van der Waals surface area contributed by atoms with Gasteiger partial charge in [-0.3, -0.25) is 0 Å². The molecule has 0 aliphatic rings. The summed E-state index contributed by atoms with van der Waals surface area (Å²) in [6.07, 6.45) is 0.593. The first kappa shape index (κ1) is 14.2. The maximum atomic E-state index is 13.9. The zero-order valence-electron chi connectivity index (χ0n) is 9.71. The van der Waals surface area contributed by atoms with Crippen LogP contribution in [0.3, 0.4) is 0 Å². The molecule has 0 bridgehead atoms. The van der Waals surface area contributed by atoms with Crippen molar-refractivity contribution in [2.75, 3.05) is 7.05 Å². The molecule has 0 fully saturated rings. The Labute approximate surface area is 129 Å². The molecule has 0 amide bonds. The third kappa shape index (κ3) is 3.23. The van der Waals surface area contributed by atoms with Gasteiger partial charge in [0.2, 0.25) is 0 Å². The number of hydrogen-bond acceptors (Lipinski definition) is 2. The molecule has 18 heavy (non-hydrogen) atoms. The minimum Gasteiger partial charge on any atom is -0.313 e. The fourth-order valence-electron chi connectivity index (χ4n) is 1.82. The van der Waals surface area contributed by atoms with Gasteiger partial charge in [0.25, 0.3) is 0 Å². The van der Waals surface area contributed by atoms with E-state index < -0.39 is 0 Å². The molecule has 0 radical (unpaired) electrons. The van der Waals surface area contributed by atoms with Gasteiger partial charge in [0.1, 0.15) is 5.82 Å². The van der Waals surface area contributed by atoms with E-state index in [0.29, 0.717) is 12.0 Å². The molecule has 1 aromatic carbocycles. The minimum absolute atomic E-state index is 0.109. The van der Waals surface area contributed by atoms with Crippen LogP contribution in [-0.2, 0) is 6.42 Å². The van der Waals surface area contributed by atoms with Gasteiger partial charge in [-0.1, -0.05) is 23.7 Å². The van der Waals surface area contributed by atoms with Crippen molar-refractivity contribution >= 4 is 45.5 Å². The summed E-state index contributed by atoms with van der Waals surface area (Å²) in [4.78, 5) is 0. The van der Waals surface area contributed by atoms with Crippen LogP contribution in [0.2, 0.25) is 5.02 Å². The number of benzene rings is 1. The monoisotopic (exact) mass is 395 g/mol. The van der Waals surface area contributed by atoms with E-state index in [0.717, 1.165) is 0 Å². The highest BCUT2D eigenvalue weighted by Gasteiger charge is 2.15. The van der Waals surface area contributed by atoms with Crippen molar-refractivity contribution in [2.45, 2.75) is 12.5 Å². The first-order valence-corrected chi connectivity index (χ1v) is 7.79. The van der Waals surface area contributed by atoms with Gasteiger partial charge in [-0.2, -0.15) is 0 Å². The van der Waals surface area contributed by atoms with E-state index in [1.165, 1.54) is 8.45 Å². The van der Waals surface area contributed by atoms with Crippen LogP contribution in [0.25, 0.3) is 0 Å². The Morgan fingerprint density at radius 2 is 2.28 bits per heavy atom. The van der Waals surface area contributed by atoms with Crippen LogP contribution in [0.4, 0.5) is 4.39 Å². The van der Waals surface area contributed by atoms with E-state index in [4.69, 9.17) is 11.6 Å². The van der Waals surface area contributed by atoms with E-state index in [1.807, 2.05) is 7.05 Å². The number of nitrogens with one attached hydrogen (secondary N) is 1. The van der Waals surface area contributed by atoms with Gasteiger partial charge in [0.15, 0.2) is 0 Å². The molecule has 1 atom stereocenters. The van der Waals surface area contributed by atoms with Crippen LogP contribution in [0.1, 0.15) is 17.2 Å². The predicted molar refractivity (Wildman–Crippen MR) is 84.0 cm³/mol. The summed E-state index contributed by atoms with van der Waals surface area (Å²) >= 11 is 9.78. The van der Waals surface area contributed by atoms with Crippen molar-refractivity contribution < 1.29 is 4.39 Å². The first-order valence-electron chi connectivity index (χ1n) is 5.46. The lowest BCUT2D eigenvalue weighted by molar-refractivity contribution is 0.555. The van der Waals surface area contributed by atoms with Crippen molar-refractivity contribution in [1.82, 2.24) is 5.32 Å². The van der Waals surface area contributed by atoms with Crippen LogP contribution in [-0.4, -0.2) is 7.05 Å². The zero-order chi connectivity index (χ0) is 13.1. The quantitative estimate of drug-likeness (QED) is 0.743. The fraction of sp³-hybridized carbons (Fsp3) is 0.231. The molecular formula is C13H12ClFINS. The standard InChI is InChI=1S/C13H12ClFINS/c1-17-11(9-6-12(16)18-7-9)5-8-3-2-4-10(14)13(8)15/h2-4,6-7,11,17H,5H2,1H3. The van der Waals surface area contributed by atoms with Gasteiger partial charge < -0.3 is 5.32 Å². The van der Waals surface area contributed by atoms with Gasteiger partial charge >= 0.3 is 0 Å². The van der Waals surface area contributed by atoms with Gasteiger partial charge in [-0.25, -0.2) is 4.39 Å². The van der Waals surface area contributed by atoms with Crippen molar-refractivity contribution in [2.24, 2.45) is 0 Å². The predicted octanol–water partition coefficient (Wildman–Crippen LogP) is 4.65. The molecule has 2 rings (SSSR count). The summed E-state index contributed by atoms with van der Waals surface area (Å²) in [5, 5.41) is 5.51. The average Bonchev–Trinajstić information content (AvgIpc) is 2.78. The van der Waals surface area contributed by atoms with Gasteiger partial charge in [-0.05, 0) is 64.7 Å². The Balaban J connectivity index is 2.23. The second-order valence-electron chi connectivity index (χ2n) is 3.94. The number of likely N-dealkylation sites (N-methyl/N-ethyl adjacent to an activating group) is 1. The lowest BCUT2D eigenvalue weighted by Crippen LogP contribution is -2.18. The molecule has 1 heterocycles. The highest BCUT2D eigenvalue weighted by Crippen LogP contribution is 2.27. The molecular weight excluding hydrogens is 384 g/mol. The Morgan fingerprint density at radius 3 is 2.89 bits per heavy atom. The molecule has 0 saturated heterocycles.